The molecule has 2 saturated heterocycles. The number of aliphatic hydroxyl groups excluding tert-OH is 1. The zero-order chi connectivity index (χ0) is 17.4. The molecule has 1 spiro atoms. The van der Waals surface area contributed by atoms with Gasteiger partial charge in [-0.3, -0.25) is 9.59 Å². The van der Waals surface area contributed by atoms with Crippen LogP contribution >= 0.6 is 0 Å². The average Bonchev–Trinajstić information content (AvgIpc) is 2.73. The number of aliphatic hydroxyl groups is 1. The predicted octanol–water partition coefficient (Wildman–Crippen LogP) is -0.0704. The number of nitrogens with zero attached hydrogens (tertiary/aromatic N) is 2. The van der Waals surface area contributed by atoms with Gasteiger partial charge in [-0.15, -0.1) is 0 Å². The largest absolute Gasteiger partial charge is 0.383 e. The maximum absolute atomic E-state index is 12.6. The van der Waals surface area contributed by atoms with Gasteiger partial charge in [0.05, 0.1) is 17.0 Å². The van der Waals surface area contributed by atoms with Crippen molar-refractivity contribution in [1.29, 1.82) is 0 Å². The van der Waals surface area contributed by atoms with Gasteiger partial charge in [-0.1, -0.05) is 6.42 Å². The fourth-order valence-electron chi connectivity index (χ4n) is 3.94. The van der Waals surface area contributed by atoms with E-state index in [0.29, 0.717) is 38.8 Å². The van der Waals surface area contributed by atoms with Crippen LogP contribution in [0.4, 0.5) is 0 Å². The highest BCUT2D eigenvalue weighted by Gasteiger charge is 2.49. The van der Waals surface area contributed by atoms with Gasteiger partial charge >= 0.3 is 0 Å². The zero-order valence-corrected chi connectivity index (χ0v) is 14.8. The Morgan fingerprint density at radius 1 is 1.12 bits per heavy atom. The Morgan fingerprint density at radius 2 is 1.88 bits per heavy atom. The average molecular weight is 358 g/mol. The lowest BCUT2D eigenvalue weighted by atomic mass is 9.81. The van der Waals surface area contributed by atoms with Crippen molar-refractivity contribution in [3.63, 3.8) is 0 Å². The van der Waals surface area contributed by atoms with E-state index < -0.39 is 26.6 Å². The molecule has 8 heteroatoms. The van der Waals surface area contributed by atoms with Gasteiger partial charge < -0.3 is 14.9 Å². The molecule has 1 aliphatic carbocycles. The molecule has 2 aliphatic heterocycles. The number of hydrogen-bond donors (Lipinski definition) is 1. The number of hydrogen-bond acceptors (Lipinski definition) is 5. The van der Waals surface area contributed by atoms with Gasteiger partial charge in [-0.2, -0.15) is 0 Å². The van der Waals surface area contributed by atoms with Crippen LogP contribution in [0.15, 0.2) is 0 Å². The zero-order valence-electron chi connectivity index (χ0n) is 13.9. The minimum absolute atomic E-state index is 0.00924. The first-order valence-electron chi connectivity index (χ1n) is 8.82. The second-order valence-corrected chi connectivity index (χ2v) is 9.76. The van der Waals surface area contributed by atoms with Crippen molar-refractivity contribution in [3.8, 4) is 0 Å². The Labute approximate surface area is 142 Å². The van der Waals surface area contributed by atoms with Crippen molar-refractivity contribution in [3.05, 3.63) is 0 Å². The summed E-state index contributed by atoms with van der Waals surface area (Å²) >= 11 is 0. The van der Waals surface area contributed by atoms with Crippen LogP contribution in [0.3, 0.4) is 0 Å². The molecule has 1 atom stereocenters. The van der Waals surface area contributed by atoms with Gasteiger partial charge in [0.2, 0.25) is 5.91 Å². The molecule has 3 aliphatic rings. The summed E-state index contributed by atoms with van der Waals surface area (Å²) < 4.78 is 24.3. The van der Waals surface area contributed by atoms with Gasteiger partial charge in [0, 0.05) is 19.6 Å². The molecule has 3 fully saturated rings. The van der Waals surface area contributed by atoms with Crippen molar-refractivity contribution >= 4 is 21.7 Å². The molecule has 2 amide bonds. The maximum Gasteiger partial charge on any atom is 0.251 e. The summed E-state index contributed by atoms with van der Waals surface area (Å²) in [6, 6.07) is 0. The number of amides is 2. The molecule has 136 valence electrons. The Balaban J connectivity index is 1.64. The third kappa shape index (κ3) is 3.18. The normalized spacial score (nSPS) is 29.7. The third-order valence-corrected chi connectivity index (χ3v) is 8.47. The molecule has 0 aromatic carbocycles. The number of carbonyl (C=O) groups is 2. The maximum atomic E-state index is 12.6. The van der Waals surface area contributed by atoms with Crippen LogP contribution in [0.5, 0.6) is 0 Å². The molecule has 0 aromatic rings. The summed E-state index contributed by atoms with van der Waals surface area (Å²) in [5.74, 6) is -0.599. The van der Waals surface area contributed by atoms with Crippen LogP contribution in [-0.2, 0) is 19.4 Å². The van der Waals surface area contributed by atoms with E-state index in [-0.39, 0.29) is 24.7 Å². The fourth-order valence-corrected chi connectivity index (χ4v) is 6.15. The molecular formula is C16H26N2O5S. The van der Waals surface area contributed by atoms with E-state index in [1.807, 2.05) is 0 Å². The van der Waals surface area contributed by atoms with E-state index in [0.717, 1.165) is 19.3 Å². The van der Waals surface area contributed by atoms with Crippen LogP contribution in [0.1, 0.15) is 44.9 Å². The van der Waals surface area contributed by atoms with Crippen LogP contribution in [0.2, 0.25) is 0 Å². The summed E-state index contributed by atoms with van der Waals surface area (Å²) in [7, 11) is -3.16. The molecule has 3 rings (SSSR count). The smallest absolute Gasteiger partial charge is 0.251 e. The number of carbonyl (C=O) groups excluding carboxylic acids is 2. The van der Waals surface area contributed by atoms with Crippen LogP contribution in [0, 0.1) is 0 Å². The van der Waals surface area contributed by atoms with Crippen LogP contribution in [-0.4, -0.2) is 77.9 Å². The Hall–Kier alpha value is -1.15. The van der Waals surface area contributed by atoms with Crippen molar-refractivity contribution in [2.75, 3.05) is 31.9 Å². The summed E-state index contributed by atoms with van der Waals surface area (Å²) in [6.45, 7) is 1.04. The molecule has 1 saturated carbocycles. The highest BCUT2D eigenvalue weighted by Crippen LogP contribution is 2.43. The van der Waals surface area contributed by atoms with Gasteiger partial charge in [0.25, 0.3) is 5.91 Å². The second-order valence-electron chi connectivity index (χ2n) is 7.26. The topological polar surface area (TPSA) is 95.0 Å². The van der Waals surface area contributed by atoms with Crippen molar-refractivity contribution in [2.24, 2.45) is 0 Å². The second kappa shape index (κ2) is 6.63. The Kier molecular flexibility index (Phi) is 4.88. The first-order valence-corrected chi connectivity index (χ1v) is 10.5. The van der Waals surface area contributed by atoms with Crippen LogP contribution < -0.4 is 0 Å². The predicted molar refractivity (Wildman–Crippen MR) is 88.0 cm³/mol. The number of likely N-dealkylation sites (tertiary alicyclic amines) is 1. The molecule has 1 N–H and O–H groups in total. The highest BCUT2D eigenvalue weighted by atomic mass is 32.2. The SMILES string of the molecule is O=C(CN1CCCCC(O)C1=O)N1CCC2(CCC2)S(=O)(=O)CC1. The fraction of sp³-hybridized carbons (Fsp3) is 0.875. The van der Waals surface area contributed by atoms with E-state index in [1.54, 1.807) is 4.90 Å². The Bertz CT molecular complexity index is 614. The van der Waals surface area contributed by atoms with Gasteiger partial charge in [-0.05, 0) is 38.5 Å². The lowest BCUT2D eigenvalue weighted by Gasteiger charge is -2.40. The van der Waals surface area contributed by atoms with E-state index in [4.69, 9.17) is 0 Å². The quantitative estimate of drug-likeness (QED) is 0.746. The van der Waals surface area contributed by atoms with Crippen molar-refractivity contribution in [2.45, 2.75) is 55.8 Å². The van der Waals surface area contributed by atoms with Gasteiger partial charge in [0.1, 0.15) is 6.10 Å². The molecule has 2 heterocycles. The number of rotatable bonds is 2. The van der Waals surface area contributed by atoms with Crippen molar-refractivity contribution < 1.29 is 23.1 Å². The lowest BCUT2D eigenvalue weighted by molar-refractivity contribution is -0.145. The lowest BCUT2D eigenvalue weighted by Crippen LogP contribution is -2.47. The number of sulfone groups is 1. The molecule has 0 radical (unpaired) electrons. The summed E-state index contributed by atoms with van der Waals surface area (Å²) in [4.78, 5) is 27.7. The first kappa shape index (κ1) is 17.7. The summed E-state index contributed by atoms with van der Waals surface area (Å²) in [5, 5.41) is 9.78. The standard InChI is InChI=1S/C16H26N2O5S/c19-13-4-1-2-8-18(15(13)21)12-14(20)17-9-7-16(5-3-6-16)24(22,23)11-10-17/h13,19H,1-12H2. The highest BCUT2D eigenvalue weighted by molar-refractivity contribution is 7.92. The van der Waals surface area contributed by atoms with Gasteiger partial charge in [0.15, 0.2) is 9.84 Å². The molecule has 7 nitrogen and oxygen atoms in total. The van der Waals surface area contributed by atoms with Gasteiger partial charge in [-0.25, -0.2) is 8.42 Å². The minimum atomic E-state index is -3.16. The monoisotopic (exact) mass is 358 g/mol. The minimum Gasteiger partial charge on any atom is -0.383 e. The third-order valence-electron chi connectivity index (χ3n) is 5.82. The Morgan fingerprint density at radius 3 is 2.54 bits per heavy atom. The van der Waals surface area contributed by atoms with Crippen LogP contribution in [0.25, 0.3) is 0 Å². The molecule has 0 bridgehead atoms. The van der Waals surface area contributed by atoms with E-state index >= 15 is 0 Å². The first-order chi connectivity index (χ1) is 11.3. The molecule has 1 unspecified atom stereocenters. The van der Waals surface area contributed by atoms with Crippen molar-refractivity contribution in [1.82, 2.24) is 9.80 Å². The molecule has 24 heavy (non-hydrogen) atoms. The summed E-state index contributed by atoms with van der Waals surface area (Å²) in [6.07, 6.45) is 3.79. The molecule has 0 aromatic heterocycles. The molecular weight excluding hydrogens is 332 g/mol. The van der Waals surface area contributed by atoms with E-state index in [1.165, 1.54) is 4.90 Å². The van der Waals surface area contributed by atoms with E-state index in [2.05, 4.69) is 0 Å². The van der Waals surface area contributed by atoms with E-state index in [9.17, 15) is 23.1 Å². The summed E-state index contributed by atoms with van der Waals surface area (Å²) in [5.41, 5.74) is 0.